The molecule has 0 saturated heterocycles. The lowest BCUT2D eigenvalue weighted by Crippen LogP contribution is -1.95. The molecule has 2 atom stereocenters. The van der Waals surface area contributed by atoms with Crippen LogP contribution in [0.25, 0.3) is 0 Å². The second-order valence-corrected chi connectivity index (χ2v) is 5.17. The molecule has 2 heteroatoms. The summed E-state index contributed by atoms with van der Waals surface area (Å²) >= 11 is 5.63. The van der Waals surface area contributed by atoms with E-state index in [1.165, 1.54) is 10.5 Å². The highest BCUT2D eigenvalue weighted by molar-refractivity contribution is 9.09. The van der Waals surface area contributed by atoms with Crippen LogP contribution in [0.5, 0.6) is 0 Å². The zero-order valence-corrected chi connectivity index (χ0v) is 8.65. The van der Waals surface area contributed by atoms with Crippen LogP contribution in [0.2, 0.25) is 0 Å². The maximum absolute atomic E-state index is 3.68. The highest BCUT2D eigenvalue weighted by Gasteiger charge is 2.26. The third-order valence-electron chi connectivity index (χ3n) is 1.94. The Morgan fingerprint density at radius 2 is 2.09 bits per heavy atom. The first-order valence-corrected chi connectivity index (χ1v) is 5.48. The molecule has 1 aromatic carbocycles. The van der Waals surface area contributed by atoms with Crippen LogP contribution in [0.15, 0.2) is 29.2 Å². The van der Waals surface area contributed by atoms with Gasteiger partial charge in [-0.05, 0) is 11.6 Å². The Morgan fingerprint density at radius 3 is 2.82 bits per heavy atom. The summed E-state index contributed by atoms with van der Waals surface area (Å²) in [5, 5.41) is 0.674. The Labute approximate surface area is 79.5 Å². The van der Waals surface area contributed by atoms with Crippen molar-refractivity contribution in [3.8, 4) is 0 Å². The average Bonchev–Trinajstić information content (AvgIpc) is 2.30. The normalized spacial score (nSPS) is 28.5. The molecule has 1 aromatic rings. The summed E-state index contributed by atoms with van der Waals surface area (Å²) in [7, 11) is 0. The lowest BCUT2D eigenvalue weighted by Gasteiger charge is -2.04. The summed E-state index contributed by atoms with van der Waals surface area (Å²) in [6.45, 7) is 2.25. The van der Waals surface area contributed by atoms with Crippen LogP contribution in [-0.4, -0.2) is 5.25 Å². The third-order valence-corrected chi connectivity index (χ3v) is 4.85. The Morgan fingerprint density at radius 1 is 1.36 bits per heavy atom. The predicted molar refractivity (Wildman–Crippen MR) is 53.4 cm³/mol. The first kappa shape index (κ1) is 7.69. The molecule has 0 bridgehead atoms. The summed E-state index contributed by atoms with van der Waals surface area (Å²) < 4.78 is 0. The largest absolute Gasteiger partial charge is 0.121 e. The fourth-order valence-corrected chi connectivity index (χ4v) is 3.36. The SMILES string of the molecule is CC1Sc2ccccc2C1Br. The number of benzene rings is 1. The molecule has 1 aliphatic rings. The lowest BCUT2D eigenvalue weighted by molar-refractivity contribution is 0.949. The summed E-state index contributed by atoms with van der Waals surface area (Å²) in [4.78, 5) is 1.98. The van der Waals surface area contributed by atoms with Gasteiger partial charge < -0.3 is 0 Å². The van der Waals surface area contributed by atoms with Gasteiger partial charge in [0.2, 0.25) is 0 Å². The number of hydrogen-bond donors (Lipinski definition) is 0. The molecule has 58 valence electrons. The van der Waals surface area contributed by atoms with Crippen molar-refractivity contribution in [2.24, 2.45) is 0 Å². The van der Waals surface area contributed by atoms with E-state index in [0.29, 0.717) is 10.1 Å². The lowest BCUT2D eigenvalue weighted by atomic mass is 10.1. The number of hydrogen-bond acceptors (Lipinski definition) is 1. The number of alkyl halides is 1. The smallest absolute Gasteiger partial charge is 0.0525 e. The van der Waals surface area contributed by atoms with Gasteiger partial charge in [-0.2, -0.15) is 0 Å². The van der Waals surface area contributed by atoms with E-state index in [2.05, 4.69) is 47.1 Å². The van der Waals surface area contributed by atoms with E-state index in [4.69, 9.17) is 0 Å². The monoisotopic (exact) mass is 228 g/mol. The van der Waals surface area contributed by atoms with Crippen molar-refractivity contribution in [2.45, 2.75) is 21.9 Å². The van der Waals surface area contributed by atoms with Crippen LogP contribution >= 0.6 is 27.7 Å². The second kappa shape index (κ2) is 2.83. The molecule has 0 nitrogen and oxygen atoms in total. The zero-order valence-electron chi connectivity index (χ0n) is 6.25. The molecule has 0 amide bonds. The molecule has 0 radical (unpaired) electrons. The van der Waals surface area contributed by atoms with Gasteiger partial charge in [-0.1, -0.05) is 41.1 Å². The molecule has 1 aliphatic heterocycles. The Bertz CT molecular complexity index is 272. The summed E-state index contributed by atoms with van der Waals surface area (Å²) in [5.41, 5.74) is 1.45. The van der Waals surface area contributed by atoms with E-state index in [1.807, 2.05) is 11.8 Å². The number of rotatable bonds is 0. The van der Waals surface area contributed by atoms with Gasteiger partial charge >= 0.3 is 0 Å². The molecule has 2 unspecified atom stereocenters. The molecule has 1 heterocycles. The molecule has 0 N–H and O–H groups in total. The predicted octanol–water partition coefficient (Wildman–Crippen LogP) is 3.62. The fraction of sp³-hybridized carbons (Fsp3) is 0.333. The Kier molecular flexibility index (Phi) is 1.98. The van der Waals surface area contributed by atoms with E-state index >= 15 is 0 Å². The van der Waals surface area contributed by atoms with Gasteiger partial charge in [-0.25, -0.2) is 0 Å². The molecule has 0 saturated carbocycles. The molecule has 2 rings (SSSR count). The van der Waals surface area contributed by atoms with Crippen LogP contribution in [0.3, 0.4) is 0 Å². The second-order valence-electron chi connectivity index (χ2n) is 2.76. The zero-order chi connectivity index (χ0) is 7.84. The van der Waals surface area contributed by atoms with Crippen molar-refractivity contribution in [2.75, 3.05) is 0 Å². The van der Waals surface area contributed by atoms with Crippen molar-refractivity contribution in [1.82, 2.24) is 0 Å². The molecular formula is C9H9BrS. The molecule has 11 heavy (non-hydrogen) atoms. The van der Waals surface area contributed by atoms with Crippen LogP contribution < -0.4 is 0 Å². The van der Waals surface area contributed by atoms with Gasteiger partial charge in [0.15, 0.2) is 0 Å². The minimum atomic E-state index is 0.545. The third kappa shape index (κ3) is 1.23. The first-order chi connectivity index (χ1) is 5.29. The molecular weight excluding hydrogens is 220 g/mol. The maximum atomic E-state index is 3.68. The Balaban J connectivity index is 2.47. The van der Waals surface area contributed by atoms with Gasteiger partial charge in [0.1, 0.15) is 0 Å². The molecule has 0 aromatic heterocycles. The summed E-state index contributed by atoms with van der Waals surface area (Å²) in [5.74, 6) is 0. The van der Waals surface area contributed by atoms with Crippen LogP contribution in [-0.2, 0) is 0 Å². The molecule has 0 aliphatic carbocycles. The van der Waals surface area contributed by atoms with Gasteiger partial charge in [0.05, 0.1) is 4.83 Å². The summed E-state index contributed by atoms with van der Waals surface area (Å²) in [6.07, 6.45) is 0. The quantitative estimate of drug-likeness (QED) is 0.612. The van der Waals surface area contributed by atoms with Crippen LogP contribution in [0, 0.1) is 0 Å². The highest BCUT2D eigenvalue weighted by atomic mass is 79.9. The fourth-order valence-electron chi connectivity index (χ4n) is 1.33. The van der Waals surface area contributed by atoms with Gasteiger partial charge in [-0.15, -0.1) is 11.8 Å². The van der Waals surface area contributed by atoms with Gasteiger partial charge in [-0.3, -0.25) is 0 Å². The van der Waals surface area contributed by atoms with E-state index < -0.39 is 0 Å². The van der Waals surface area contributed by atoms with Gasteiger partial charge in [0.25, 0.3) is 0 Å². The van der Waals surface area contributed by atoms with Crippen LogP contribution in [0.4, 0.5) is 0 Å². The van der Waals surface area contributed by atoms with E-state index in [1.54, 1.807) is 0 Å². The summed E-state index contributed by atoms with van der Waals surface area (Å²) in [6, 6.07) is 8.60. The highest BCUT2D eigenvalue weighted by Crippen LogP contribution is 2.47. The van der Waals surface area contributed by atoms with Gasteiger partial charge in [0, 0.05) is 10.1 Å². The number of thioether (sulfide) groups is 1. The van der Waals surface area contributed by atoms with Crippen LogP contribution in [0.1, 0.15) is 17.3 Å². The van der Waals surface area contributed by atoms with Crippen molar-refractivity contribution < 1.29 is 0 Å². The number of fused-ring (bicyclic) bond motifs is 1. The molecule has 0 spiro atoms. The minimum absolute atomic E-state index is 0.545. The van der Waals surface area contributed by atoms with Crippen molar-refractivity contribution in [1.29, 1.82) is 0 Å². The van der Waals surface area contributed by atoms with E-state index in [9.17, 15) is 0 Å². The van der Waals surface area contributed by atoms with Crippen molar-refractivity contribution in [3.63, 3.8) is 0 Å². The number of halogens is 1. The minimum Gasteiger partial charge on any atom is -0.121 e. The average molecular weight is 229 g/mol. The van der Waals surface area contributed by atoms with E-state index in [0.717, 1.165) is 0 Å². The standard InChI is InChI=1S/C9H9BrS/c1-6-9(10)7-4-2-3-5-8(7)11-6/h2-6,9H,1H3. The van der Waals surface area contributed by atoms with Crippen molar-refractivity contribution >= 4 is 27.7 Å². The van der Waals surface area contributed by atoms with E-state index in [-0.39, 0.29) is 0 Å². The first-order valence-electron chi connectivity index (χ1n) is 3.68. The maximum Gasteiger partial charge on any atom is 0.0525 e. The Hall–Kier alpha value is 0.0500. The molecule has 0 fully saturated rings. The topological polar surface area (TPSA) is 0 Å². The van der Waals surface area contributed by atoms with Crippen molar-refractivity contribution in [3.05, 3.63) is 29.8 Å².